The van der Waals surface area contributed by atoms with Crippen LogP contribution in [0.4, 0.5) is 14.6 Å². The van der Waals surface area contributed by atoms with Gasteiger partial charge in [-0.2, -0.15) is 0 Å². The number of rotatable bonds is 6. The van der Waals surface area contributed by atoms with Crippen LogP contribution in [0.3, 0.4) is 0 Å². The molecule has 9 nitrogen and oxygen atoms in total. The molecule has 12 heteroatoms. The van der Waals surface area contributed by atoms with Gasteiger partial charge in [-0.1, -0.05) is 23.7 Å². The molecule has 33 heavy (non-hydrogen) atoms. The molecule has 4 rings (SSSR count). The van der Waals surface area contributed by atoms with Gasteiger partial charge in [0, 0.05) is 31.3 Å². The number of alkyl halides is 1. The van der Waals surface area contributed by atoms with E-state index in [1.165, 1.54) is 23.4 Å². The molecule has 0 spiro atoms. The minimum Gasteiger partial charge on any atom is -0.383 e. The molecule has 2 amide bonds. The van der Waals surface area contributed by atoms with Crippen molar-refractivity contribution in [1.82, 2.24) is 24.8 Å². The van der Waals surface area contributed by atoms with E-state index in [9.17, 15) is 18.4 Å². The number of nitrogens with zero attached hydrogens (tertiary/aromatic N) is 4. The van der Waals surface area contributed by atoms with Gasteiger partial charge in [-0.25, -0.2) is 18.7 Å². The summed E-state index contributed by atoms with van der Waals surface area (Å²) in [6.45, 7) is -0.384. The lowest BCUT2D eigenvalue weighted by Crippen LogP contribution is -2.46. The van der Waals surface area contributed by atoms with E-state index in [2.05, 4.69) is 15.3 Å². The number of nitrogens with one attached hydrogen (secondary N) is 1. The van der Waals surface area contributed by atoms with Crippen molar-refractivity contribution in [2.75, 3.05) is 12.3 Å². The zero-order valence-electron chi connectivity index (χ0n) is 17.5. The fraction of sp³-hybridized carbons (Fsp3) is 0.333. The van der Waals surface area contributed by atoms with Crippen molar-refractivity contribution in [3.63, 3.8) is 0 Å². The summed E-state index contributed by atoms with van der Waals surface area (Å²) in [5.74, 6) is -1.45. The summed E-state index contributed by atoms with van der Waals surface area (Å²) in [6, 6.07) is 3.41. The topological polar surface area (TPSA) is 132 Å². The first-order chi connectivity index (χ1) is 15.8. The van der Waals surface area contributed by atoms with Gasteiger partial charge in [-0.15, -0.1) is 0 Å². The molecule has 0 saturated carbocycles. The van der Waals surface area contributed by atoms with E-state index < -0.39 is 29.8 Å². The van der Waals surface area contributed by atoms with E-state index in [1.54, 1.807) is 16.8 Å². The van der Waals surface area contributed by atoms with Crippen LogP contribution in [0.5, 0.6) is 0 Å². The SMILES string of the molecule is NCc1cn(CC(=O)N2C[C@H](F)C[C@H]2C(=O)NCc2cccc(Cl)c2F)c2ncnc(N)c12. The number of nitrogens with two attached hydrogens (primary N) is 2. The molecule has 0 unspecified atom stereocenters. The molecule has 1 aliphatic heterocycles. The van der Waals surface area contributed by atoms with E-state index in [1.807, 2.05) is 0 Å². The van der Waals surface area contributed by atoms with Gasteiger partial charge in [0.1, 0.15) is 42.4 Å². The molecule has 1 aliphatic rings. The lowest BCUT2D eigenvalue weighted by atomic mass is 10.1. The van der Waals surface area contributed by atoms with Gasteiger partial charge in [-0.3, -0.25) is 9.59 Å². The Labute approximate surface area is 192 Å². The lowest BCUT2D eigenvalue weighted by Gasteiger charge is -2.24. The third kappa shape index (κ3) is 4.46. The largest absolute Gasteiger partial charge is 0.383 e. The Balaban J connectivity index is 1.50. The Morgan fingerprint density at radius 1 is 1.27 bits per heavy atom. The molecule has 5 N–H and O–H groups in total. The Kier molecular flexibility index (Phi) is 6.43. The summed E-state index contributed by atoms with van der Waals surface area (Å²) >= 11 is 5.76. The zero-order valence-corrected chi connectivity index (χ0v) is 18.2. The average Bonchev–Trinajstić information content (AvgIpc) is 3.36. The molecule has 2 atom stereocenters. The molecule has 0 aliphatic carbocycles. The van der Waals surface area contributed by atoms with Crippen molar-refractivity contribution >= 4 is 40.3 Å². The van der Waals surface area contributed by atoms with Crippen LogP contribution < -0.4 is 16.8 Å². The molecule has 1 saturated heterocycles. The second-order valence-electron chi connectivity index (χ2n) is 7.77. The van der Waals surface area contributed by atoms with Gasteiger partial charge < -0.3 is 26.3 Å². The van der Waals surface area contributed by atoms with E-state index >= 15 is 0 Å². The van der Waals surface area contributed by atoms with Crippen LogP contribution in [0.25, 0.3) is 11.0 Å². The van der Waals surface area contributed by atoms with Crippen LogP contribution in [0.1, 0.15) is 17.5 Å². The quantitative estimate of drug-likeness (QED) is 0.493. The second kappa shape index (κ2) is 9.28. The lowest BCUT2D eigenvalue weighted by molar-refractivity contribution is -0.139. The predicted molar refractivity (Wildman–Crippen MR) is 118 cm³/mol. The van der Waals surface area contributed by atoms with Crippen molar-refractivity contribution in [2.45, 2.75) is 38.3 Å². The summed E-state index contributed by atoms with van der Waals surface area (Å²) in [4.78, 5) is 35.1. The molecule has 1 aromatic carbocycles. The minimum absolute atomic E-state index is 0.0662. The molecule has 174 valence electrons. The van der Waals surface area contributed by atoms with Crippen molar-refractivity contribution in [3.05, 3.63) is 52.7 Å². The Morgan fingerprint density at radius 3 is 2.82 bits per heavy atom. The monoisotopic (exact) mass is 477 g/mol. The van der Waals surface area contributed by atoms with Gasteiger partial charge in [0.25, 0.3) is 0 Å². The molecule has 1 fully saturated rings. The normalized spacial score (nSPS) is 18.1. The number of benzene rings is 1. The number of aromatic nitrogens is 3. The fourth-order valence-corrected chi connectivity index (χ4v) is 4.23. The number of hydrogen-bond acceptors (Lipinski definition) is 6. The molecule has 0 bridgehead atoms. The zero-order chi connectivity index (χ0) is 23.7. The summed E-state index contributed by atoms with van der Waals surface area (Å²) in [7, 11) is 0. The van der Waals surface area contributed by atoms with Gasteiger partial charge >= 0.3 is 0 Å². The maximum atomic E-state index is 14.2. The molecule has 3 heterocycles. The summed E-state index contributed by atoms with van der Waals surface area (Å²) in [6.07, 6.45) is 1.42. The van der Waals surface area contributed by atoms with Crippen molar-refractivity contribution in [3.8, 4) is 0 Å². The standard InChI is InChI=1S/C21H22ClF2N7O2/c22-14-3-1-2-11(18(14)24)6-27-21(33)15-4-13(23)8-31(15)16(32)9-30-7-12(5-25)17-19(26)28-10-29-20(17)30/h1-3,7,10,13,15H,4-6,8-9,25H2,(H,27,33)(H2,26,28,29)/t13-,15+/m1/s1. The number of amides is 2. The number of carbonyl (C=O) groups excluding carboxylic acids is 2. The number of anilines is 1. The van der Waals surface area contributed by atoms with Crippen LogP contribution >= 0.6 is 11.6 Å². The number of likely N-dealkylation sites (tertiary alicyclic amines) is 1. The van der Waals surface area contributed by atoms with Crippen LogP contribution in [0, 0.1) is 5.82 Å². The van der Waals surface area contributed by atoms with Gasteiger partial charge in [-0.05, 0) is 11.6 Å². The van der Waals surface area contributed by atoms with Gasteiger partial charge in [0.05, 0.1) is 17.0 Å². The third-order valence-electron chi connectivity index (χ3n) is 5.64. The third-order valence-corrected chi connectivity index (χ3v) is 5.94. The van der Waals surface area contributed by atoms with E-state index in [-0.39, 0.29) is 49.0 Å². The number of carbonyl (C=O) groups is 2. The smallest absolute Gasteiger partial charge is 0.243 e. The second-order valence-corrected chi connectivity index (χ2v) is 8.18. The molecular formula is C21H22ClF2N7O2. The van der Waals surface area contributed by atoms with Crippen molar-refractivity contribution in [2.24, 2.45) is 5.73 Å². The molecule has 0 radical (unpaired) electrons. The first-order valence-corrected chi connectivity index (χ1v) is 10.6. The highest BCUT2D eigenvalue weighted by Gasteiger charge is 2.39. The van der Waals surface area contributed by atoms with Crippen LogP contribution in [0.15, 0.2) is 30.7 Å². The number of halogens is 3. The Bertz CT molecular complexity index is 1220. The van der Waals surface area contributed by atoms with Crippen LogP contribution in [-0.2, 0) is 29.2 Å². The highest BCUT2D eigenvalue weighted by atomic mass is 35.5. The Morgan fingerprint density at radius 2 is 2.06 bits per heavy atom. The molecule has 2 aromatic heterocycles. The van der Waals surface area contributed by atoms with E-state index in [4.69, 9.17) is 23.1 Å². The number of nitrogen functional groups attached to an aromatic ring is 1. The maximum absolute atomic E-state index is 14.2. The first kappa shape index (κ1) is 22.9. The van der Waals surface area contributed by atoms with Crippen molar-refractivity contribution < 1.29 is 18.4 Å². The highest BCUT2D eigenvalue weighted by molar-refractivity contribution is 6.30. The van der Waals surface area contributed by atoms with Gasteiger partial charge in [0.2, 0.25) is 11.8 Å². The maximum Gasteiger partial charge on any atom is 0.243 e. The van der Waals surface area contributed by atoms with Crippen LogP contribution in [0.2, 0.25) is 5.02 Å². The summed E-state index contributed by atoms with van der Waals surface area (Å²) in [5.41, 5.74) is 13.0. The predicted octanol–water partition coefficient (Wildman–Crippen LogP) is 1.52. The van der Waals surface area contributed by atoms with Crippen molar-refractivity contribution in [1.29, 1.82) is 0 Å². The fourth-order valence-electron chi connectivity index (χ4n) is 4.03. The molecule has 3 aromatic rings. The van der Waals surface area contributed by atoms with Gasteiger partial charge in [0.15, 0.2) is 0 Å². The van der Waals surface area contributed by atoms with Crippen LogP contribution in [-0.4, -0.2) is 50.0 Å². The number of hydrogen-bond donors (Lipinski definition) is 3. The average molecular weight is 478 g/mol. The summed E-state index contributed by atoms with van der Waals surface area (Å²) in [5, 5.41) is 3.06. The minimum atomic E-state index is -1.36. The van der Waals surface area contributed by atoms with E-state index in [0.717, 1.165) is 0 Å². The number of fused-ring (bicyclic) bond motifs is 1. The highest BCUT2D eigenvalue weighted by Crippen LogP contribution is 2.26. The molecular weight excluding hydrogens is 456 g/mol. The summed E-state index contributed by atoms with van der Waals surface area (Å²) < 4.78 is 29.9. The van der Waals surface area contributed by atoms with E-state index in [0.29, 0.717) is 16.6 Å². The first-order valence-electron chi connectivity index (χ1n) is 10.2. The Hall–Kier alpha value is -3.31.